The molecule has 3 rings (SSSR count). The Morgan fingerprint density at radius 2 is 1.96 bits per heavy atom. The number of aldehydes is 1. The largest absolute Gasteiger partial charge is 0.298 e. The lowest BCUT2D eigenvalue weighted by Gasteiger charge is -2.08. The van der Waals surface area contributed by atoms with Crippen molar-refractivity contribution in [2.24, 2.45) is 0 Å². The van der Waals surface area contributed by atoms with Gasteiger partial charge in [0.25, 0.3) is 11.6 Å². The van der Waals surface area contributed by atoms with Gasteiger partial charge in [-0.25, -0.2) is 0 Å². The monoisotopic (exact) mass is 342 g/mol. The van der Waals surface area contributed by atoms with Crippen molar-refractivity contribution in [1.29, 1.82) is 0 Å². The number of aromatic nitrogens is 1. The Morgan fingerprint density at radius 3 is 2.58 bits per heavy atom. The average molecular weight is 343 g/mol. The minimum atomic E-state index is -0.582. The van der Waals surface area contributed by atoms with Gasteiger partial charge < -0.3 is 0 Å². The van der Waals surface area contributed by atoms with Crippen molar-refractivity contribution in [3.63, 3.8) is 0 Å². The van der Waals surface area contributed by atoms with Crippen molar-refractivity contribution in [3.8, 4) is 0 Å². The Bertz CT molecular complexity index is 1010. The summed E-state index contributed by atoms with van der Waals surface area (Å²) in [6.07, 6.45) is 0.707. The van der Waals surface area contributed by atoms with E-state index in [1.165, 1.54) is 16.7 Å². The highest BCUT2D eigenvalue weighted by molar-refractivity contribution is 6.34. The third-order valence-corrected chi connectivity index (χ3v) is 4.19. The second-order valence-corrected chi connectivity index (χ2v) is 5.60. The summed E-state index contributed by atoms with van der Waals surface area (Å²) in [5, 5.41) is 11.4. The fourth-order valence-electron chi connectivity index (χ4n) is 2.71. The van der Waals surface area contributed by atoms with E-state index in [-0.39, 0.29) is 16.3 Å². The maximum Gasteiger partial charge on any atom is 0.270 e. The molecule has 0 fully saturated rings. The Morgan fingerprint density at radius 1 is 1.25 bits per heavy atom. The van der Waals surface area contributed by atoms with Gasteiger partial charge in [0.1, 0.15) is 0 Å². The number of nitro benzene ring substituents is 1. The molecule has 0 aliphatic heterocycles. The summed E-state index contributed by atoms with van der Waals surface area (Å²) in [7, 11) is 0. The van der Waals surface area contributed by atoms with Crippen LogP contribution in [0.15, 0.2) is 42.5 Å². The van der Waals surface area contributed by atoms with Crippen molar-refractivity contribution in [2.75, 3.05) is 0 Å². The number of halogens is 1. The second kappa shape index (κ2) is 5.90. The number of nitro groups is 1. The third-order valence-electron chi connectivity index (χ3n) is 3.88. The molecule has 120 valence electrons. The maximum absolute atomic E-state index is 12.9. The number of para-hydroxylation sites is 1. The molecule has 1 aromatic heterocycles. The highest BCUT2D eigenvalue weighted by Crippen LogP contribution is 2.28. The van der Waals surface area contributed by atoms with Crippen LogP contribution in [0.3, 0.4) is 0 Å². The summed E-state index contributed by atoms with van der Waals surface area (Å²) in [6, 6.07) is 10.7. The minimum absolute atomic E-state index is 0.0148. The molecule has 0 spiro atoms. The SMILES string of the molecule is Cc1c(C=O)c2ccccc2n1C(=O)c1ccc([N+](=O)[O-])cc1Cl. The third kappa shape index (κ3) is 2.37. The minimum Gasteiger partial charge on any atom is -0.298 e. The van der Waals surface area contributed by atoms with Crippen LogP contribution in [0.2, 0.25) is 5.02 Å². The summed E-state index contributed by atoms with van der Waals surface area (Å²) < 4.78 is 1.39. The lowest BCUT2D eigenvalue weighted by Crippen LogP contribution is -2.14. The van der Waals surface area contributed by atoms with E-state index in [0.29, 0.717) is 28.4 Å². The van der Waals surface area contributed by atoms with Gasteiger partial charge in [-0.05, 0) is 19.1 Å². The van der Waals surface area contributed by atoms with Gasteiger partial charge >= 0.3 is 0 Å². The van der Waals surface area contributed by atoms with Crippen molar-refractivity contribution >= 4 is 40.4 Å². The van der Waals surface area contributed by atoms with E-state index in [2.05, 4.69) is 0 Å². The van der Waals surface area contributed by atoms with Crippen molar-refractivity contribution < 1.29 is 14.5 Å². The second-order valence-electron chi connectivity index (χ2n) is 5.20. The zero-order chi connectivity index (χ0) is 17.4. The lowest BCUT2D eigenvalue weighted by atomic mass is 10.1. The van der Waals surface area contributed by atoms with E-state index in [9.17, 15) is 19.7 Å². The van der Waals surface area contributed by atoms with Crippen LogP contribution < -0.4 is 0 Å². The van der Waals surface area contributed by atoms with Gasteiger partial charge in [-0.2, -0.15) is 0 Å². The van der Waals surface area contributed by atoms with Crippen LogP contribution in [0.4, 0.5) is 5.69 Å². The molecular weight excluding hydrogens is 332 g/mol. The van der Waals surface area contributed by atoms with E-state index in [1.54, 1.807) is 31.2 Å². The normalized spacial score (nSPS) is 10.8. The molecule has 3 aromatic rings. The first-order valence-electron chi connectivity index (χ1n) is 6.99. The molecule has 0 unspecified atom stereocenters. The molecule has 0 aliphatic carbocycles. The number of hydrogen-bond acceptors (Lipinski definition) is 4. The van der Waals surface area contributed by atoms with E-state index in [0.717, 1.165) is 6.07 Å². The van der Waals surface area contributed by atoms with Gasteiger partial charge in [0, 0.05) is 28.8 Å². The van der Waals surface area contributed by atoms with Crippen LogP contribution in [-0.4, -0.2) is 21.7 Å². The zero-order valence-corrected chi connectivity index (χ0v) is 13.3. The maximum atomic E-state index is 12.9. The van der Waals surface area contributed by atoms with E-state index in [4.69, 9.17) is 11.6 Å². The van der Waals surface area contributed by atoms with Crippen molar-refractivity contribution in [1.82, 2.24) is 4.57 Å². The Kier molecular flexibility index (Phi) is 3.91. The summed E-state index contributed by atoms with van der Waals surface area (Å²) in [5.74, 6) is -0.448. The zero-order valence-electron chi connectivity index (χ0n) is 12.5. The molecule has 0 bridgehead atoms. The molecule has 0 aliphatic rings. The first kappa shape index (κ1) is 15.9. The lowest BCUT2D eigenvalue weighted by molar-refractivity contribution is -0.384. The van der Waals surface area contributed by atoms with E-state index in [1.807, 2.05) is 0 Å². The smallest absolute Gasteiger partial charge is 0.270 e. The Hall–Kier alpha value is -2.99. The highest BCUT2D eigenvalue weighted by atomic mass is 35.5. The van der Waals surface area contributed by atoms with Gasteiger partial charge in [0.2, 0.25) is 0 Å². The van der Waals surface area contributed by atoms with Gasteiger partial charge in [0.15, 0.2) is 6.29 Å². The number of carbonyl (C=O) groups excluding carboxylic acids is 2. The van der Waals surface area contributed by atoms with Crippen molar-refractivity contribution in [2.45, 2.75) is 6.92 Å². The molecule has 0 saturated heterocycles. The quantitative estimate of drug-likeness (QED) is 0.409. The summed E-state index contributed by atoms with van der Waals surface area (Å²) in [5.41, 5.74) is 1.43. The number of non-ortho nitro benzene ring substituents is 1. The van der Waals surface area contributed by atoms with Crippen LogP contribution in [0.25, 0.3) is 10.9 Å². The summed E-state index contributed by atoms with van der Waals surface area (Å²) >= 11 is 6.05. The molecule has 24 heavy (non-hydrogen) atoms. The number of carbonyl (C=O) groups is 2. The molecule has 2 aromatic carbocycles. The molecule has 0 N–H and O–H groups in total. The number of nitrogens with zero attached hydrogens (tertiary/aromatic N) is 2. The fourth-order valence-corrected chi connectivity index (χ4v) is 2.97. The molecule has 1 heterocycles. The number of rotatable bonds is 3. The van der Waals surface area contributed by atoms with Crippen LogP contribution in [0, 0.1) is 17.0 Å². The first-order valence-corrected chi connectivity index (χ1v) is 7.37. The van der Waals surface area contributed by atoms with Crippen LogP contribution in [0.5, 0.6) is 0 Å². The summed E-state index contributed by atoms with van der Waals surface area (Å²) in [4.78, 5) is 34.5. The summed E-state index contributed by atoms with van der Waals surface area (Å²) in [6.45, 7) is 1.67. The van der Waals surface area contributed by atoms with Gasteiger partial charge in [-0.1, -0.05) is 29.8 Å². The van der Waals surface area contributed by atoms with E-state index >= 15 is 0 Å². The molecule has 0 amide bonds. The topological polar surface area (TPSA) is 82.2 Å². The molecule has 0 atom stereocenters. The van der Waals surface area contributed by atoms with Crippen molar-refractivity contribution in [3.05, 3.63) is 74.4 Å². The fraction of sp³-hybridized carbons (Fsp3) is 0.0588. The standard InChI is InChI=1S/C17H11ClN2O4/c1-10-14(9-21)12-4-2-3-5-16(12)19(10)17(22)13-7-6-11(20(23)24)8-15(13)18/h2-9H,1H3. The molecule has 7 heteroatoms. The van der Waals surface area contributed by atoms with Gasteiger partial charge in [0.05, 0.1) is 21.0 Å². The van der Waals surface area contributed by atoms with Crippen LogP contribution >= 0.6 is 11.6 Å². The van der Waals surface area contributed by atoms with Crippen LogP contribution in [-0.2, 0) is 0 Å². The highest BCUT2D eigenvalue weighted by Gasteiger charge is 2.22. The molecule has 6 nitrogen and oxygen atoms in total. The molecule has 0 saturated carbocycles. The van der Waals surface area contributed by atoms with E-state index < -0.39 is 10.8 Å². The number of fused-ring (bicyclic) bond motifs is 1. The molecular formula is C17H11ClN2O4. The predicted octanol–water partition coefficient (Wildman–Crippen LogP) is 4.01. The van der Waals surface area contributed by atoms with Gasteiger partial charge in [-0.15, -0.1) is 0 Å². The van der Waals surface area contributed by atoms with Crippen LogP contribution in [0.1, 0.15) is 26.4 Å². The Balaban J connectivity index is 2.22. The average Bonchev–Trinajstić information content (AvgIpc) is 2.85. The Labute approximate surface area is 141 Å². The number of benzene rings is 2. The first-order chi connectivity index (χ1) is 11.5. The number of hydrogen-bond donors (Lipinski definition) is 0. The predicted molar refractivity (Wildman–Crippen MR) is 89.9 cm³/mol. The van der Waals surface area contributed by atoms with Gasteiger partial charge in [-0.3, -0.25) is 24.3 Å². The molecule has 0 radical (unpaired) electrons.